The predicted molar refractivity (Wildman–Crippen MR) is 99.6 cm³/mol. The van der Waals surface area contributed by atoms with E-state index in [0.717, 1.165) is 17.7 Å². The first kappa shape index (κ1) is 17.7. The SMILES string of the molecule is Cc1cccc(C(Cc2ccc(OCC(=O)O)cc2)c2cnc[nH]2)c1C. The van der Waals surface area contributed by atoms with Crippen LogP contribution in [0.15, 0.2) is 55.0 Å². The summed E-state index contributed by atoms with van der Waals surface area (Å²) in [5, 5.41) is 8.69. The molecular weight excluding hydrogens is 328 g/mol. The van der Waals surface area contributed by atoms with Gasteiger partial charge in [0.05, 0.1) is 6.33 Å². The van der Waals surface area contributed by atoms with Crippen LogP contribution in [-0.4, -0.2) is 27.7 Å². The molecule has 1 atom stereocenters. The molecule has 0 spiro atoms. The highest BCUT2D eigenvalue weighted by Gasteiger charge is 2.19. The smallest absolute Gasteiger partial charge is 0.341 e. The third kappa shape index (κ3) is 4.11. The Bertz CT molecular complexity index is 871. The summed E-state index contributed by atoms with van der Waals surface area (Å²) in [6, 6.07) is 14.0. The van der Waals surface area contributed by atoms with Crippen molar-refractivity contribution < 1.29 is 14.6 Å². The summed E-state index contributed by atoms with van der Waals surface area (Å²) < 4.78 is 5.20. The highest BCUT2D eigenvalue weighted by Crippen LogP contribution is 2.31. The van der Waals surface area contributed by atoms with Crippen molar-refractivity contribution in [2.75, 3.05) is 6.61 Å². The topological polar surface area (TPSA) is 75.2 Å². The minimum Gasteiger partial charge on any atom is -0.482 e. The molecule has 1 aromatic heterocycles. The Morgan fingerprint density at radius 3 is 2.62 bits per heavy atom. The van der Waals surface area contributed by atoms with E-state index in [1.165, 1.54) is 16.7 Å². The van der Waals surface area contributed by atoms with E-state index in [1.807, 2.05) is 30.5 Å². The number of aliphatic carboxylic acids is 1. The second kappa shape index (κ2) is 7.87. The van der Waals surface area contributed by atoms with Gasteiger partial charge in [-0.1, -0.05) is 30.3 Å². The number of benzene rings is 2. The number of hydrogen-bond acceptors (Lipinski definition) is 3. The van der Waals surface area contributed by atoms with E-state index in [0.29, 0.717) is 5.75 Å². The van der Waals surface area contributed by atoms with Gasteiger partial charge in [-0.05, 0) is 54.7 Å². The zero-order chi connectivity index (χ0) is 18.5. The number of carboxylic acids is 1. The van der Waals surface area contributed by atoms with E-state index in [4.69, 9.17) is 9.84 Å². The lowest BCUT2D eigenvalue weighted by Gasteiger charge is -2.20. The molecule has 0 fully saturated rings. The van der Waals surface area contributed by atoms with Crippen LogP contribution in [0.3, 0.4) is 0 Å². The number of H-pyrrole nitrogens is 1. The number of rotatable bonds is 7. The molecule has 3 rings (SSSR count). The van der Waals surface area contributed by atoms with Crippen molar-refractivity contribution in [1.82, 2.24) is 9.97 Å². The summed E-state index contributed by atoms with van der Waals surface area (Å²) in [6.45, 7) is 3.94. The van der Waals surface area contributed by atoms with E-state index in [2.05, 4.69) is 42.0 Å². The van der Waals surface area contributed by atoms with Crippen molar-refractivity contribution in [2.24, 2.45) is 0 Å². The molecule has 1 heterocycles. The summed E-state index contributed by atoms with van der Waals surface area (Å²) in [4.78, 5) is 18.0. The number of aromatic nitrogens is 2. The molecule has 2 aromatic carbocycles. The van der Waals surface area contributed by atoms with Crippen molar-refractivity contribution in [1.29, 1.82) is 0 Å². The molecule has 1 unspecified atom stereocenters. The standard InChI is InChI=1S/C21H22N2O3/c1-14-4-3-5-18(15(14)2)19(20-11-22-13-23-20)10-16-6-8-17(9-7-16)26-12-21(24)25/h3-9,11,13,19H,10,12H2,1-2H3,(H,22,23)(H,24,25). The van der Waals surface area contributed by atoms with Crippen LogP contribution in [0.25, 0.3) is 0 Å². The lowest BCUT2D eigenvalue weighted by atomic mass is 9.86. The number of hydrogen-bond donors (Lipinski definition) is 2. The van der Waals surface area contributed by atoms with Gasteiger partial charge in [0, 0.05) is 17.8 Å². The van der Waals surface area contributed by atoms with Gasteiger partial charge >= 0.3 is 5.97 Å². The molecule has 26 heavy (non-hydrogen) atoms. The highest BCUT2D eigenvalue weighted by molar-refractivity contribution is 5.68. The van der Waals surface area contributed by atoms with Gasteiger partial charge in [0.1, 0.15) is 5.75 Å². The maximum atomic E-state index is 10.6. The normalized spacial score (nSPS) is 11.9. The molecule has 2 N–H and O–H groups in total. The second-order valence-electron chi connectivity index (χ2n) is 6.38. The second-order valence-corrected chi connectivity index (χ2v) is 6.38. The molecule has 0 aliphatic rings. The molecule has 5 nitrogen and oxygen atoms in total. The van der Waals surface area contributed by atoms with Crippen molar-refractivity contribution >= 4 is 5.97 Å². The van der Waals surface area contributed by atoms with Crippen molar-refractivity contribution in [3.63, 3.8) is 0 Å². The van der Waals surface area contributed by atoms with Gasteiger partial charge in [0.2, 0.25) is 0 Å². The molecule has 0 amide bonds. The van der Waals surface area contributed by atoms with Crippen LogP contribution in [0.4, 0.5) is 0 Å². The van der Waals surface area contributed by atoms with Crippen molar-refractivity contribution in [2.45, 2.75) is 26.2 Å². The lowest BCUT2D eigenvalue weighted by molar-refractivity contribution is -0.139. The average Bonchev–Trinajstić information content (AvgIpc) is 3.16. The number of ether oxygens (including phenoxy) is 1. The molecule has 0 saturated carbocycles. The third-order valence-electron chi connectivity index (χ3n) is 4.64. The molecule has 0 radical (unpaired) electrons. The first-order valence-electron chi connectivity index (χ1n) is 8.52. The monoisotopic (exact) mass is 350 g/mol. The molecule has 5 heteroatoms. The van der Waals surface area contributed by atoms with Gasteiger partial charge in [0.25, 0.3) is 0 Å². The van der Waals surface area contributed by atoms with E-state index in [-0.39, 0.29) is 12.5 Å². The van der Waals surface area contributed by atoms with E-state index >= 15 is 0 Å². The van der Waals surface area contributed by atoms with Gasteiger partial charge < -0.3 is 14.8 Å². The van der Waals surface area contributed by atoms with E-state index in [1.54, 1.807) is 6.33 Å². The fourth-order valence-corrected chi connectivity index (χ4v) is 3.10. The van der Waals surface area contributed by atoms with Gasteiger partial charge in [-0.25, -0.2) is 9.78 Å². The molecule has 3 aromatic rings. The number of imidazole rings is 1. The zero-order valence-corrected chi connectivity index (χ0v) is 14.9. The quantitative estimate of drug-likeness (QED) is 0.678. The Balaban J connectivity index is 1.85. The van der Waals surface area contributed by atoms with Crippen LogP contribution in [0, 0.1) is 13.8 Å². The van der Waals surface area contributed by atoms with Crippen LogP contribution in [0.1, 0.15) is 33.9 Å². The first-order chi connectivity index (χ1) is 12.5. The molecule has 0 aliphatic carbocycles. The van der Waals surface area contributed by atoms with Crippen LogP contribution < -0.4 is 4.74 Å². The van der Waals surface area contributed by atoms with Gasteiger partial charge in [-0.3, -0.25) is 0 Å². The lowest BCUT2D eigenvalue weighted by Crippen LogP contribution is -2.10. The summed E-state index contributed by atoms with van der Waals surface area (Å²) in [5.74, 6) is -0.257. The van der Waals surface area contributed by atoms with Crippen molar-refractivity contribution in [3.8, 4) is 5.75 Å². The van der Waals surface area contributed by atoms with Crippen LogP contribution in [0.5, 0.6) is 5.75 Å². The largest absolute Gasteiger partial charge is 0.482 e. The Morgan fingerprint density at radius 1 is 1.19 bits per heavy atom. The van der Waals surface area contributed by atoms with Gasteiger partial charge in [-0.2, -0.15) is 0 Å². The third-order valence-corrected chi connectivity index (χ3v) is 4.64. The number of carboxylic acid groups (broad SMARTS) is 1. The predicted octanol–water partition coefficient (Wildman–Crippen LogP) is 3.86. The number of aryl methyl sites for hydroxylation is 1. The maximum absolute atomic E-state index is 10.6. The molecule has 0 bridgehead atoms. The number of nitrogens with one attached hydrogen (secondary N) is 1. The number of nitrogens with zero attached hydrogens (tertiary/aromatic N) is 1. The molecular formula is C21H22N2O3. The van der Waals surface area contributed by atoms with E-state index < -0.39 is 5.97 Å². The Morgan fingerprint density at radius 2 is 1.96 bits per heavy atom. The van der Waals surface area contributed by atoms with Crippen LogP contribution >= 0.6 is 0 Å². The summed E-state index contributed by atoms with van der Waals surface area (Å²) in [5.41, 5.74) is 6.05. The van der Waals surface area contributed by atoms with Crippen LogP contribution in [-0.2, 0) is 11.2 Å². The molecule has 0 saturated heterocycles. The number of carbonyl (C=O) groups is 1. The first-order valence-corrected chi connectivity index (χ1v) is 8.52. The minimum atomic E-state index is -0.983. The van der Waals surface area contributed by atoms with Gasteiger partial charge in [0.15, 0.2) is 6.61 Å². The highest BCUT2D eigenvalue weighted by atomic mass is 16.5. The van der Waals surface area contributed by atoms with Gasteiger partial charge in [-0.15, -0.1) is 0 Å². The average molecular weight is 350 g/mol. The fourth-order valence-electron chi connectivity index (χ4n) is 3.10. The summed E-state index contributed by atoms with van der Waals surface area (Å²) in [7, 11) is 0. The van der Waals surface area contributed by atoms with E-state index in [9.17, 15) is 4.79 Å². The van der Waals surface area contributed by atoms with Crippen LogP contribution in [0.2, 0.25) is 0 Å². The Labute approximate surface area is 152 Å². The summed E-state index contributed by atoms with van der Waals surface area (Å²) >= 11 is 0. The minimum absolute atomic E-state index is 0.170. The fraction of sp³-hybridized carbons (Fsp3) is 0.238. The number of aromatic amines is 1. The zero-order valence-electron chi connectivity index (χ0n) is 14.9. The van der Waals surface area contributed by atoms with Crippen molar-refractivity contribution in [3.05, 3.63) is 82.9 Å². The summed E-state index contributed by atoms with van der Waals surface area (Å²) in [6.07, 6.45) is 4.39. The molecule has 0 aliphatic heterocycles. The molecule has 134 valence electrons. The Hall–Kier alpha value is -3.08. The Kier molecular flexibility index (Phi) is 5.37. The maximum Gasteiger partial charge on any atom is 0.341 e.